The number of nitrogens with zero attached hydrogens (tertiary/aromatic N) is 1. The molecule has 18 heavy (non-hydrogen) atoms. The van der Waals surface area contributed by atoms with Gasteiger partial charge in [0.05, 0.1) is 6.54 Å². The van der Waals surface area contributed by atoms with Crippen LogP contribution in [0.3, 0.4) is 0 Å². The Balaban J connectivity index is 2.66. The summed E-state index contributed by atoms with van der Waals surface area (Å²) in [6.07, 6.45) is 1.04. The van der Waals surface area contributed by atoms with Crippen LogP contribution in [0, 0.1) is 0 Å². The number of guanidine groups is 1. The van der Waals surface area contributed by atoms with Crippen LogP contribution in [-0.2, 0) is 5.41 Å². The monoisotopic (exact) mass is 267 g/mol. The van der Waals surface area contributed by atoms with Crippen molar-refractivity contribution >= 4 is 17.6 Å². The SMILES string of the molecule is CCCNC(N)=NCC(C)(C)c1ccc(Cl)cc1. The number of halogens is 1. The van der Waals surface area contributed by atoms with Gasteiger partial charge in [0.2, 0.25) is 0 Å². The molecule has 1 rings (SSSR count). The molecule has 0 unspecified atom stereocenters. The van der Waals surface area contributed by atoms with Gasteiger partial charge in [0.15, 0.2) is 5.96 Å². The van der Waals surface area contributed by atoms with E-state index >= 15 is 0 Å². The Morgan fingerprint density at radius 3 is 2.50 bits per heavy atom. The molecule has 1 aromatic carbocycles. The predicted molar refractivity (Wildman–Crippen MR) is 79.3 cm³/mol. The van der Waals surface area contributed by atoms with Gasteiger partial charge in [-0.1, -0.05) is 44.5 Å². The molecule has 0 spiro atoms. The Kier molecular flexibility index (Phi) is 5.48. The van der Waals surface area contributed by atoms with E-state index in [9.17, 15) is 0 Å². The minimum absolute atomic E-state index is 0.0525. The molecular formula is C14H22ClN3. The molecule has 0 saturated heterocycles. The maximum absolute atomic E-state index is 5.89. The van der Waals surface area contributed by atoms with Crippen LogP contribution in [0.4, 0.5) is 0 Å². The van der Waals surface area contributed by atoms with Crippen LogP contribution in [0.1, 0.15) is 32.8 Å². The third-order valence-electron chi connectivity index (χ3n) is 2.83. The van der Waals surface area contributed by atoms with Crippen LogP contribution in [0.5, 0.6) is 0 Å². The van der Waals surface area contributed by atoms with Gasteiger partial charge in [-0.15, -0.1) is 0 Å². The van der Waals surface area contributed by atoms with E-state index in [4.69, 9.17) is 17.3 Å². The average Bonchev–Trinajstić information content (AvgIpc) is 2.34. The Morgan fingerprint density at radius 2 is 1.94 bits per heavy atom. The number of benzene rings is 1. The van der Waals surface area contributed by atoms with E-state index in [1.807, 2.05) is 24.3 Å². The highest BCUT2D eigenvalue weighted by atomic mass is 35.5. The number of nitrogens with one attached hydrogen (secondary N) is 1. The highest BCUT2D eigenvalue weighted by molar-refractivity contribution is 6.30. The van der Waals surface area contributed by atoms with Gasteiger partial charge in [0.25, 0.3) is 0 Å². The van der Waals surface area contributed by atoms with Crippen LogP contribution in [0.2, 0.25) is 5.02 Å². The second kappa shape index (κ2) is 6.64. The molecule has 4 heteroatoms. The first kappa shape index (κ1) is 14.8. The van der Waals surface area contributed by atoms with Crippen LogP contribution in [0.15, 0.2) is 29.3 Å². The van der Waals surface area contributed by atoms with E-state index in [1.165, 1.54) is 5.56 Å². The van der Waals surface area contributed by atoms with Gasteiger partial charge in [-0.05, 0) is 24.1 Å². The van der Waals surface area contributed by atoms with Crippen LogP contribution >= 0.6 is 11.6 Å². The molecule has 0 heterocycles. The summed E-state index contributed by atoms with van der Waals surface area (Å²) in [7, 11) is 0. The molecule has 0 bridgehead atoms. The van der Waals surface area contributed by atoms with Crippen molar-refractivity contribution in [1.82, 2.24) is 5.32 Å². The van der Waals surface area contributed by atoms with E-state index in [0.29, 0.717) is 12.5 Å². The molecule has 0 atom stereocenters. The maximum Gasteiger partial charge on any atom is 0.188 e. The average molecular weight is 268 g/mol. The van der Waals surface area contributed by atoms with Gasteiger partial charge in [-0.3, -0.25) is 4.99 Å². The van der Waals surface area contributed by atoms with Gasteiger partial charge in [0.1, 0.15) is 0 Å². The number of rotatable bonds is 5. The van der Waals surface area contributed by atoms with Crippen LogP contribution in [-0.4, -0.2) is 19.0 Å². The number of hydrogen-bond acceptors (Lipinski definition) is 1. The molecule has 3 N–H and O–H groups in total. The standard InChI is InChI=1S/C14H22ClN3/c1-4-9-17-13(16)18-10-14(2,3)11-5-7-12(15)8-6-11/h5-8H,4,9-10H2,1-3H3,(H3,16,17,18). The Labute approximate surface area is 114 Å². The lowest BCUT2D eigenvalue weighted by molar-refractivity contribution is 0.538. The Hall–Kier alpha value is -1.22. The van der Waals surface area contributed by atoms with Crippen molar-refractivity contribution in [2.45, 2.75) is 32.6 Å². The van der Waals surface area contributed by atoms with E-state index < -0.39 is 0 Å². The zero-order chi connectivity index (χ0) is 13.6. The molecular weight excluding hydrogens is 246 g/mol. The Morgan fingerprint density at radius 1 is 1.33 bits per heavy atom. The van der Waals surface area contributed by atoms with Gasteiger partial charge in [-0.25, -0.2) is 0 Å². The smallest absolute Gasteiger partial charge is 0.188 e. The summed E-state index contributed by atoms with van der Waals surface area (Å²) in [4.78, 5) is 4.38. The zero-order valence-corrected chi connectivity index (χ0v) is 12.1. The zero-order valence-electron chi connectivity index (χ0n) is 11.3. The first-order valence-electron chi connectivity index (χ1n) is 6.25. The highest BCUT2D eigenvalue weighted by Gasteiger charge is 2.20. The maximum atomic E-state index is 5.89. The number of nitrogens with two attached hydrogens (primary N) is 1. The van der Waals surface area contributed by atoms with Crippen molar-refractivity contribution in [2.24, 2.45) is 10.7 Å². The summed E-state index contributed by atoms with van der Waals surface area (Å²) in [6, 6.07) is 7.88. The van der Waals surface area contributed by atoms with E-state index in [1.54, 1.807) is 0 Å². The van der Waals surface area contributed by atoms with Crippen molar-refractivity contribution in [2.75, 3.05) is 13.1 Å². The van der Waals surface area contributed by atoms with E-state index in [0.717, 1.165) is 18.0 Å². The Bertz CT molecular complexity index is 396. The largest absolute Gasteiger partial charge is 0.370 e. The summed E-state index contributed by atoms with van der Waals surface area (Å²) >= 11 is 5.89. The molecule has 0 saturated carbocycles. The third kappa shape index (κ3) is 4.57. The normalized spacial score (nSPS) is 12.6. The second-order valence-corrected chi connectivity index (χ2v) is 5.46. The van der Waals surface area contributed by atoms with Crippen molar-refractivity contribution in [3.8, 4) is 0 Å². The molecule has 100 valence electrons. The minimum Gasteiger partial charge on any atom is -0.370 e. The van der Waals surface area contributed by atoms with E-state index in [-0.39, 0.29) is 5.41 Å². The van der Waals surface area contributed by atoms with Crippen molar-refractivity contribution in [3.63, 3.8) is 0 Å². The molecule has 0 fully saturated rings. The van der Waals surface area contributed by atoms with Gasteiger partial charge in [-0.2, -0.15) is 0 Å². The predicted octanol–water partition coefficient (Wildman–Crippen LogP) is 2.93. The van der Waals surface area contributed by atoms with Gasteiger partial charge >= 0.3 is 0 Å². The first-order chi connectivity index (χ1) is 8.45. The molecule has 1 aromatic rings. The van der Waals surface area contributed by atoms with Crippen LogP contribution in [0.25, 0.3) is 0 Å². The fraction of sp³-hybridized carbons (Fsp3) is 0.500. The van der Waals surface area contributed by atoms with Gasteiger partial charge < -0.3 is 11.1 Å². The fourth-order valence-corrected chi connectivity index (χ4v) is 1.71. The number of aliphatic imine (C=N–C) groups is 1. The van der Waals surface area contributed by atoms with Gasteiger partial charge in [0, 0.05) is 17.0 Å². The summed E-state index contributed by atoms with van der Waals surface area (Å²) in [6.45, 7) is 7.89. The molecule has 0 aliphatic carbocycles. The molecule has 0 aromatic heterocycles. The number of hydrogen-bond donors (Lipinski definition) is 2. The summed E-state index contributed by atoms with van der Waals surface area (Å²) in [5.41, 5.74) is 6.94. The molecule has 0 aliphatic rings. The summed E-state index contributed by atoms with van der Waals surface area (Å²) in [5, 5.41) is 3.82. The quantitative estimate of drug-likeness (QED) is 0.637. The topological polar surface area (TPSA) is 50.4 Å². The highest BCUT2D eigenvalue weighted by Crippen LogP contribution is 2.24. The van der Waals surface area contributed by atoms with Crippen molar-refractivity contribution in [1.29, 1.82) is 0 Å². The summed E-state index contributed by atoms with van der Waals surface area (Å²) in [5.74, 6) is 0.513. The van der Waals surface area contributed by atoms with E-state index in [2.05, 4.69) is 31.1 Å². The molecule has 3 nitrogen and oxygen atoms in total. The molecule has 0 aliphatic heterocycles. The minimum atomic E-state index is -0.0525. The van der Waals surface area contributed by atoms with Crippen LogP contribution < -0.4 is 11.1 Å². The van der Waals surface area contributed by atoms with Crippen molar-refractivity contribution < 1.29 is 0 Å². The molecule has 0 radical (unpaired) electrons. The fourth-order valence-electron chi connectivity index (χ4n) is 1.58. The lowest BCUT2D eigenvalue weighted by atomic mass is 9.85. The first-order valence-corrected chi connectivity index (χ1v) is 6.63. The lowest BCUT2D eigenvalue weighted by Crippen LogP contribution is -2.34. The van der Waals surface area contributed by atoms with Crippen molar-refractivity contribution in [3.05, 3.63) is 34.9 Å². The second-order valence-electron chi connectivity index (χ2n) is 5.02. The lowest BCUT2D eigenvalue weighted by Gasteiger charge is -2.23. The summed E-state index contributed by atoms with van der Waals surface area (Å²) < 4.78 is 0. The third-order valence-corrected chi connectivity index (χ3v) is 3.08. The molecule has 0 amide bonds.